The van der Waals surface area contributed by atoms with Crippen LogP contribution in [0.25, 0.3) is 0 Å². The molecule has 1 heterocycles. The molecule has 180 valence electrons. The Morgan fingerprint density at radius 1 is 1.09 bits per heavy atom. The van der Waals surface area contributed by atoms with E-state index in [-0.39, 0.29) is 24.9 Å². The van der Waals surface area contributed by atoms with Crippen molar-refractivity contribution >= 4 is 27.3 Å². The second-order valence-corrected chi connectivity index (χ2v) is 10.4. The van der Waals surface area contributed by atoms with E-state index in [0.29, 0.717) is 17.9 Å². The largest absolute Gasteiger partial charge is 0.495 e. The number of benzene rings is 2. The number of rotatable bonds is 10. The maximum atomic E-state index is 12.5. The fourth-order valence-corrected chi connectivity index (χ4v) is 5.18. The van der Waals surface area contributed by atoms with Gasteiger partial charge in [-0.1, -0.05) is 24.3 Å². The smallest absolute Gasteiger partial charge is 0.232 e. The monoisotopic (exact) mass is 473 g/mol. The van der Waals surface area contributed by atoms with Crippen molar-refractivity contribution in [3.63, 3.8) is 0 Å². The summed E-state index contributed by atoms with van der Waals surface area (Å²) >= 11 is 0. The Morgan fingerprint density at radius 3 is 2.39 bits per heavy atom. The van der Waals surface area contributed by atoms with E-state index in [1.54, 1.807) is 24.3 Å². The average molecular weight is 474 g/mol. The maximum absolute atomic E-state index is 12.5. The number of anilines is 2. The molecule has 1 aliphatic rings. The van der Waals surface area contributed by atoms with Crippen LogP contribution in [0.15, 0.2) is 48.5 Å². The van der Waals surface area contributed by atoms with E-state index in [2.05, 4.69) is 34.5 Å². The highest BCUT2D eigenvalue weighted by Gasteiger charge is 2.21. The summed E-state index contributed by atoms with van der Waals surface area (Å²) in [5.41, 5.74) is 2.76. The van der Waals surface area contributed by atoms with Gasteiger partial charge in [0.15, 0.2) is 0 Å². The SMILES string of the molecule is COc1ccccc1N(CCCC(=O)NC(C)c1ccc(N2CCCCC2)cc1)S(C)(=O)=O. The summed E-state index contributed by atoms with van der Waals surface area (Å²) in [5, 5.41) is 3.02. The summed E-state index contributed by atoms with van der Waals surface area (Å²) in [4.78, 5) is 14.9. The van der Waals surface area contributed by atoms with Gasteiger partial charge in [-0.3, -0.25) is 9.10 Å². The molecule has 3 rings (SSSR count). The van der Waals surface area contributed by atoms with E-state index in [1.165, 1.54) is 36.4 Å². The first-order chi connectivity index (χ1) is 15.8. The molecule has 0 radical (unpaired) electrons. The van der Waals surface area contributed by atoms with Crippen LogP contribution in [0.1, 0.15) is 50.6 Å². The summed E-state index contributed by atoms with van der Waals surface area (Å²) in [6.45, 7) is 4.37. The standard InChI is InChI=1S/C25H35N3O4S/c1-20(21-13-15-22(16-14-21)27-17-7-4-8-18-27)26-25(29)12-9-19-28(33(3,30)31)23-10-5-6-11-24(23)32-2/h5-6,10-11,13-16,20H,4,7-9,12,17-19H2,1-3H3,(H,26,29). The molecule has 1 aliphatic heterocycles. The van der Waals surface area contributed by atoms with Gasteiger partial charge in [0.2, 0.25) is 15.9 Å². The van der Waals surface area contributed by atoms with E-state index in [9.17, 15) is 13.2 Å². The van der Waals surface area contributed by atoms with E-state index in [1.807, 2.05) is 6.92 Å². The van der Waals surface area contributed by atoms with Gasteiger partial charge < -0.3 is 15.0 Å². The van der Waals surface area contributed by atoms with E-state index < -0.39 is 10.0 Å². The number of methoxy groups -OCH3 is 1. The highest BCUT2D eigenvalue weighted by molar-refractivity contribution is 7.92. The van der Waals surface area contributed by atoms with Crippen molar-refractivity contribution in [2.45, 2.75) is 45.1 Å². The molecule has 0 spiro atoms. The first kappa shape index (κ1) is 24.9. The number of hydrogen-bond acceptors (Lipinski definition) is 5. The number of nitrogens with zero attached hydrogens (tertiary/aromatic N) is 2. The fourth-order valence-electron chi connectivity index (χ4n) is 4.21. The van der Waals surface area contributed by atoms with Crippen LogP contribution in [-0.2, 0) is 14.8 Å². The minimum absolute atomic E-state index is 0.101. The number of nitrogens with one attached hydrogen (secondary N) is 1. The fraction of sp³-hybridized carbons (Fsp3) is 0.480. The molecular weight excluding hydrogens is 438 g/mol. The van der Waals surface area contributed by atoms with Crippen molar-refractivity contribution in [3.8, 4) is 5.75 Å². The predicted octanol–water partition coefficient (Wildman–Crippen LogP) is 4.11. The van der Waals surface area contributed by atoms with Crippen molar-refractivity contribution in [1.82, 2.24) is 5.32 Å². The van der Waals surface area contributed by atoms with Crippen LogP contribution < -0.4 is 19.3 Å². The summed E-state index contributed by atoms with van der Waals surface area (Å²) in [7, 11) is -2.00. The van der Waals surface area contributed by atoms with Gasteiger partial charge in [0.05, 0.1) is 25.1 Å². The molecule has 1 unspecified atom stereocenters. The summed E-state index contributed by atoms with van der Waals surface area (Å²) < 4.78 is 31.3. The van der Waals surface area contributed by atoms with Gasteiger partial charge in [0.25, 0.3) is 0 Å². The van der Waals surface area contributed by atoms with Crippen molar-refractivity contribution in [2.75, 3.05) is 42.2 Å². The Bertz CT molecular complexity index is 1020. The normalized spacial score (nSPS) is 15.1. The summed E-state index contributed by atoms with van der Waals surface area (Å²) in [6, 6.07) is 15.3. The van der Waals surface area contributed by atoms with Gasteiger partial charge in [-0.2, -0.15) is 0 Å². The molecule has 1 saturated heterocycles. The molecule has 0 bridgehead atoms. The number of ether oxygens (including phenoxy) is 1. The third-order valence-corrected chi connectivity index (χ3v) is 7.19. The molecule has 0 aliphatic carbocycles. The van der Waals surface area contributed by atoms with Gasteiger partial charge in [0, 0.05) is 31.7 Å². The van der Waals surface area contributed by atoms with Gasteiger partial charge >= 0.3 is 0 Å². The van der Waals surface area contributed by atoms with Gasteiger partial charge in [-0.15, -0.1) is 0 Å². The Morgan fingerprint density at radius 2 is 1.76 bits per heavy atom. The Kier molecular flexibility index (Phi) is 8.61. The van der Waals surface area contributed by atoms with Gasteiger partial charge in [0.1, 0.15) is 5.75 Å². The minimum atomic E-state index is -3.51. The zero-order valence-corrected chi connectivity index (χ0v) is 20.6. The summed E-state index contributed by atoms with van der Waals surface area (Å²) in [5.74, 6) is 0.380. The lowest BCUT2D eigenvalue weighted by molar-refractivity contribution is -0.121. The third kappa shape index (κ3) is 6.87. The molecular formula is C25H35N3O4S. The molecule has 1 N–H and O–H groups in total. The Balaban J connectivity index is 1.53. The van der Waals surface area contributed by atoms with E-state index in [4.69, 9.17) is 4.74 Å². The summed E-state index contributed by atoms with van der Waals surface area (Å²) in [6.07, 6.45) is 5.58. The average Bonchev–Trinajstić information content (AvgIpc) is 2.81. The molecule has 1 amide bonds. The van der Waals surface area contributed by atoms with Crippen molar-refractivity contribution in [2.24, 2.45) is 0 Å². The molecule has 33 heavy (non-hydrogen) atoms. The van der Waals surface area contributed by atoms with Crippen molar-refractivity contribution in [3.05, 3.63) is 54.1 Å². The zero-order valence-electron chi connectivity index (χ0n) is 19.8. The van der Waals surface area contributed by atoms with Gasteiger partial charge in [-0.05, 0) is 62.4 Å². The molecule has 0 saturated carbocycles. The van der Waals surface area contributed by atoms with Crippen molar-refractivity contribution < 1.29 is 17.9 Å². The highest BCUT2D eigenvalue weighted by Crippen LogP contribution is 2.29. The third-order valence-electron chi connectivity index (χ3n) is 6.01. The quantitative estimate of drug-likeness (QED) is 0.562. The molecule has 0 aromatic heterocycles. The van der Waals surface area contributed by atoms with Crippen LogP contribution in [0.2, 0.25) is 0 Å². The van der Waals surface area contributed by atoms with Crippen LogP contribution in [-0.4, -0.2) is 47.3 Å². The van der Waals surface area contributed by atoms with Crippen LogP contribution in [0, 0.1) is 0 Å². The van der Waals surface area contributed by atoms with E-state index in [0.717, 1.165) is 24.9 Å². The molecule has 1 atom stereocenters. The van der Waals surface area contributed by atoms with Crippen LogP contribution in [0.5, 0.6) is 5.75 Å². The first-order valence-electron chi connectivity index (χ1n) is 11.5. The van der Waals surface area contributed by atoms with E-state index >= 15 is 0 Å². The molecule has 2 aromatic carbocycles. The molecule has 1 fully saturated rings. The lowest BCUT2D eigenvalue weighted by Crippen LogP contribution is -2.33. The highest BCUT2D eigenvalue weighted by atomic mass is 32.2. The molecule has 2 aromatic rings. The number of piperidine rings is 1. The lowest BCUT2D eigenvalue weighted by Gasteiger charge is -2.29. The maximum Gasteiger partial charge on any atom is 0.232 e. The Labute approximate surface area is 197 Å². The first-order valence-corrected chi connectivity index (χ1v) is 13.4. The second kappa shape index (κ2) is 11.4. The second-order valence-electron chi connectivity index (χ2n) is 8.54. The van der Waals surface area contributed by atoms with Gasteiger partial charge in [-0.25, -0.2) is 8.42 Å². The van der Waals surface area contributed by atoms with Crippen LogP contribution in [0.3, 0.4) is 0 Å². The van der Waals surface area contributed by atoms with Crippen LogP contribution >= 0.6 is 0 Å². The zero-order chi connectivity index (χ0) is 23.8. The minimum Gasteiger partial charge on any atom is -0.495 e. The van der Waals surface area contributed by atoms with Crippen molar-refractivity contribution in [1.29, 1.82) is 0 Å². The number of carbonyl (C=O) groups excluding carboxylic acids is 1. The van der Waals surface area contributed by atoms with Crippen LogP contribution in [0.4, 0.5) is 11.4 Å². The topological polar surface area (TPSA) is 79.0 Å². The number of para-hydroxylation sites is 2. The Hall–Kier alpha value is -2.74. The number of hydrogen-bond donors (Lipinski definition) is 1. The molecule has 7 nitrogen and oxygen atoms in total. The predicted molar refractivity (Wildman–Crippen MR) is 133 cm³/mol. The number of sulfonamides is 1. The number of carbonyl (C=O) groups is 1. The number of amides is 1. The molecule has 8 heteroatoms. The lowest BCUT2D eigenvalue weighted by atomic mass is 10.1.